The Morgan fingerprint density at radius 2 is 1.92 bits per heavy atom. The van der Waals surface area contributed by atoms with E-state index in [1.54, 1.807) is 12.3 Å². The summed E-state index contributed by atoms with van der Waals surface area (Å²) in [6.07, 6.45) is 2.41. The molecule has 1 N–H and O–H groups in total. The fourth-order valence-electron chi connectivity index (χ4n) is 3.23. The Hall–Kier alpha value is -2.75. The number of rotatable bonds is 4. The molecule has 0 spiro atoms. The number of benzene rings is 1. The number of ether oxygens (including phenoxy) is 1. The van der Waals surface area contributed by atoms with Crippen molar-refractivity contribution >= 4 is 11.5 Å². The zero-order valence-electron chi connectivity index (χ0n) is 15.8. The van der Waals surface area contributed by atoms with Gasteiger partial charge in [0.2, 0.25) is 0 Å². The molecule has 3 rings (SSSR count). The average molecular weight is 351 g/mol. The average Bonchev–Trinajstić information content (AvgIpc) is 3.11. The minimum absolute atomic E-state index is 0.148. The van der Waals surface area contributed by atoms with Gasteiger partial charge in [-0.25, -0.2) is 4.79 Å². The fourth-order valence-corrected chi connectivity index (χ4v) is 3.23. The second-order valence-corrected chi connectivity index (χ2v) is 7.46. The molecule has 1 aliphatic heterocycles. The van der Waals surface area contributed by atoms with E-state index >= 15 is 0 Å². The van der Waals surface area contributed by atoms with Crippen molar-refractivity contribution in [3.05, 3.63) is 77.0 Å². The van der Waals surface area contributed by atoms with Gasteiger partial charge in [-0.05, 0) is 25.5 Å². The van der Waals surface area contributed by atoms with E-state index in [9.17, 15) is 9.90 Å². The van der Waals surface area contributed by atoms with Gasteiger partial charge >= 0.3 is 5.97 Å². The van der Waals surface area contributed by atoms with E-state index in [0.29, 0.717) is 6.54 Å². The highest BCUT2D eigenvalue weighted by molar-refractivity contribution is 5.90. The van der Waals surface area contributed by atoms with Crippen LogP contribution in [0.15, 0.2) is 54.6 Å². The lowest BCUT2D eigenvalue weighted by Gasteiger charge is -2.15. The molecule has 136 valence electrons. The first-order chi connectivity index (χ1) is 12.2. The molecule has 2 heterocycles. The summed E-state index contributed by atoms with van der Waals surface area (Å²) in [7, 11) is 0. The maximum absolute atomic E-state index is 11.5. The molecule has 1 aromatic heterocycles. The quantitative estimate of drug-likeness (QED) is 0.820. The van der Waals surface area contributed by atoms with E-state index < -0.39 is 5.97 Å². The molecule has 1 aliphatic rings. The van der Waals surface area contributed by atoms with Gasteiger partial charge in [0.15, 0.2) is 0 Å². The number of carboxylic acid groups (broad SMARTS) is 1. The van der Waals surface area contributed by atoms with Crippen molar-refractivity contribution < 1.29 is 14.6 Å². The fraction of sp³-hybridized carbons (Fsp3) is 0.318. The number of aromatic nitrogens is 1. The van der Waals surface area contributed by atoms with Gasteiger partial charge in [0.1, 0.15) is 11.5 Å². The molecule has 1 fully saturated rings. The molecule has 1 saturated heterocycles. The summed E-state index contributed by atoms with van der Waals surface area (Å²) >= 11 is 0. The normalized spacial score (nSPS) is 17.9. The standard InChI is InChI=1S/C22H25NO3/c1-6-23-13-17(21(24)25)11-18(23)20(16-9-7-14(2)8-10-16)19-12-22(4,5)15(3)26-19/h7-11,13H,3,6,12H2,1-2,4-5H3,(H,24,25)/b20-19+. The zero-order chi connectivity index (χ0) is 19.1. The summed E-state index contributed by atoms with van der Waals surface area (Å²) in [5.74, 6) is 0.655. The van der Waals surface area contributed by atoms with Crippen molar-refractivity contribution in [1.29, 1.82) is 0 Å². The van der Waals surface area contributed by atoms with Crippen molar-refractivity contribution in [2.24, 2.45) is 5.41 Å². The molecule has 2 aromatic rings. The summed E-state index contributed by atoms with van der Waals surface area (Å²) in [6.45, 7) is 13.0. The predicted octanol–water partition coefficient (Wildman–Crippen LogP) is 5.23. The second kappa shape index (κ2) is 6.52. The van der Waals surface area contributed by atoms with Crippen LogP contribution in [0, 0.1) is 12.3 Å². The third-order valence-corrected chi connectivity index (χ3v) is 4.96. The van der Waals surface area contributed by atoms with Crippen molar-refractivity contribution in [3.63, 3.8) is 0 Å². The molecule has 0 bridgehead atoms. The maximum Gasteiger partial charge on any atom is 0.337 e. The molecule has 0 aliphatic carbocycles. The Morgan fingerprint density at radius 1 is 1.27 bits per heavy atom. The smallest absolute Gasteiger partial charge is 0.337 e. The van der Waals surface area contributed by atoms with Gasteiger partial charge in [0, 0.05) is 30.2 Å². The highest BCUT2D eigenvalue weighted by Crippen LogP contribution is 2.46. The molecule has 4 nitrogen and oxygen atoms in total. The van der Waals surface area contributed by atoms with Crippen LogP contribution in [-0.4, -0.2) is 15.6 Å². The number of hydrogen-bond donors (Lipinski definition) is 1. The topological polar surface area (TPSA) is 51.5 Å². The van der Waals surface area contributed by atoms with Gasteiger partial charge in [0.25, 0.3) is 0 Å². The van der Waals surface area contributed by atoms with Gasteiger partial charge in [-0.1, -0.05) is 50.3 Å². The Balaban J connectivity index is 2.25. The first kappa shape index (κ1) is 18.1. The number of carbonyl (C=O) groups is 1. The monoisotopic (exact) mass is 351 g/mol. The number of carboxylic acids is 1. The van der Waals surface area contributed by atoms with E-state index in [1.165, 1.54) is 5.56 Å². The third kappa shape index (κ3) is 3.19. The Kier molecular flexibility index (Phi) is 4.53. The van der Waals surface area contributed by atoms with E-state index in [1.807, 2.05) is 18.4 Å². The van der Waals surface area contributed by atoms with Crippen LogP contribution in [0.2, 0.25) is 0 Å². The number of aromatic carboxylic acids is 1. The first-order valence-electron chi connectivity index (χ1n) is 8.84. The van der Waals surface area contributed by atoms with Gasteiger partial charge < -0.3 is 14.4 Å². The number of nitrogens with zero attached hydrogens (tertiary/aromatic N) is 1. The van der Waals surface area contributed by atoms with Gasteiger partial charge in [0.05, 0.1) is 11.3 Å². The van der Waals surface area contributed by atoms with Gasteiger partial charge in [-0.2, -0.15) is 0 Å². The SMILES string of the molecule is C=C1O/C(=C(\c2ccc(C)cc2)c2cc(C(=O)O)cn2CC)CC1(C)C. The first-order valence-corrected chi connectivity index (χ1v) is 8.84. The molecule has 0 saturated carbocycles. The molecular formula is C22H25NO3. The van der Waals surface area contributed by atoms with E-state index in [0.717, 1.165) is 34.8 Å². The molecule has 0 radical (unpaired) electrons. The molecular weight excluding hydrogens is 326 g/mol. The summed E-state index contributed by atoms with van der Waals surface area (Å²) in [5, 5.41) is 9.42. The summed E-state index contributed by atoms with van der Waals surface area (Å²) in [6, 6.07) is 9.96. The van der Waals surface area contributed by atoms with Crippen LogP contribution in [-0.2, 0) is 11.3 Å². The van der Waals surface area contributed by atoms with Crippen LogP contribution in [0.4, 0.5) is 0 Å². The van der Waals surface area contributed by atoms with Crippen LogP contribution in [0.25, 0.3) is 5.57 Å². The van der Waals surface area contributed by atoms with Crippen molar-refractivity contribution in [3.8, 4) is 0 Å². The Labute approximate surface area is 154 Å². The molecule has 4 heteroatoms. The summed E-state index contributed by atoms with van der Waals surface area (Å²) in [4.78, 5) is 11.5. The molecule has 0 unspecified atom stereocenters. The summed E-state index contributed by atoms with van der Waals surface area (Å²) < 4.78 is 8.03. The third-order valence-electron chi connectivity index (χ3n) is 4.96. The molecule has 0 atom stereocenters. The zero-order valence-corrected chi connectivity index (χ0v) is 15.8. The summed E-state index contributed by atoms with van der Waals surface area (Å²) in [5.41, 5.74) is 4.11. The van der Waals surface area contributed by atoms with Crippen molar-refractivity contribution in [1.82, 2.24) is 4.57 Å². The van der Waals surface area contributed by atoms with E-state index in [2.05, 4.69) is 44.7 Å². The number of aryl methyl sites for hydroxylation is 2. The maximum atomic E-state index is 11.5. The van der Waals surface area contributed by atoms with Crippen LogP contribution in [0.5, 0.6) is 0 Å². The largest absolute Gasteiger partial charge is 0.478 e. The van der Waals surface area contributed by atoms with Crippen LogP contribution >= 0.6 is 0 Å². The van der Waals surface area contributed by atoms with Crippen molar-refractivity contribution in [2.75, 3.05) is 0 Å². The highest BCUT2D eigenvalue weighted by atomic mass is 16.5. The minimum atomic E-state index is -0.927. The molecule has 26 heavy (non-hydrogen) atoms. The Bertz CT molecular complexity index is 898. The van der Waals surface area contributed by atoms with Gasteiger partial charge in [-0.3, -0.25) is 0 Å². The second-order valence-electron chi connectivity index (χ2n) is 7.46. The number of allylic oxidation sites excluding steroid dienone is 2. The van der Waals surface area contributed by atoms with Crippen LogP contribution in [0.3, 0.4) is 0 Å². The lowest BCUT2D eigenvalue weighted by Crippen LogP contribution is -2.06. The van der Waals surface area contributed by atoms with Gasteiger partial charge in [-0.15, -0.1) is 0 Å². The van der Waals surface area contributed by atoms with Crippen LogP contribution in [0.1, 0.15) is 54.4 Å². The Morgan fingerprint density at radius 3 is 2.42 bits per heavy atom. The highest BCUT2D eigenvalue weighted by Gasteiger charge is 2.36. The lowest BCUT2D eigenvalue weighted by molar-refractivity contribution is 0.0697. The lowest BCUT2D eigenvalue weighted by atomic mass is 9.87. The van der Waals surface area contributed by atoms with E-state index in [4.69, 9.17) is 4.74 Å². The predicted molar refractivity (Wildman–Crippen MR) is 103 cm³/mol. The molecule has 0 amide bonds. The van der Waals surface area contributed by atoms with E-state index in [-0.39, 0.29) is 11.0 Å². The number of hydrogen-bond acceptors (Lipinski definition) is 2. The van der Waals surface area contributed by atoms with Crippen molar-refractivity contribution in [2.45, 2.75) is 40.7 Å². The van der Waals surface area contributed by atoms with Crippen LogP contribution < -0.4 is 0 Å². The minimum Gasteiger partial charge on any atom is -0.478 e. The molecule has 1 aromatic carbocycles.